The van der Waals surface area contributed by atoms with E-state index in [-0.39, 0.29) is 0 Å². The standard InChI is InChI=1S/C13H34N6/c14-4-1-7-17-9-12-19(11-3-6-16)13-10-18-8-2-5-15/h17-18H,1-16H2. The monoisotopic (exact) mass is 274 g/mol. The van der Waals surface area contributed by atoms with E-state index in [2.05, 4.69) is 15.5 Å². The molecule has 0 aliphatic heterocycles. The average molecular weight is 274 g/mol. The van der Waals surface area contributed by atoms with Crippen LogP contribution in [0.2, 0.25) is 0 Å². The topological polar surface area (TPSA) is 105 Å². The molecule has 0 fully saturated rings. The lowest BCUT2D eigenvalue weighted by Gasteiger charge is -2.22. The second kappa shape index (κ2) is 15.8. The zero-order chi connectivity index (χ0) is 14.2. The normalized spacial score (nSPS) is 11.4. The van der Waals surface area contributed by atoms with Gasteiger partial charge >= 0.3 is 0 Å². The summed E-state index contributed by atoms with van der Waals surface area (Å²) in [6.07, 6.45) is 3.15. The first-order chi connectivity index (χ1) is 9.35. The molecular formula is C13H34N6. The molecule has 0 aromatic heterocycles. The van der Waals surface area contributed by atoms with Crippen LogP contribution in [0.4, 0.5) is 0 Å². The quantitative estimate of drug-likeness (QED) is 0.233. The largest absolute Gasteiger partial charge is 0.330 e. The van der Waals surface area contributed by atoms with E-state index in [1.807, 2.05) is 0 Å². The summed E-state index contributed by atoms with van der Waals surface area (Å²) in [5.74, 6) is 0. The van der Waals surface area contributed by atoms with Crippen LogP contribution in [0, 0.1) is 0 Å². The maximum atomic E-state index is 5.58. The Morgan fingerprint density at radius 1 is 0.579 bits per heavy atom. The molecular weight excluding hydrogens is 240 g/mol. The predicted octanol–water partition coefficient (Wildman–Crippen LogP) is -1.49. The van der Waals surface area contributed by atoms with Crippen molar-refractivity contribution in [3.63, 3.8) is 0 Å². The minimum atomic E-state index is 0.759. The fourth-order valence-corrected chi connectivity index (χ4v) is 1.83. The third-order valence-corrected chi connectivity index (χ3v) is 3.00. The maximum absolute atomic E-state index is 5.58. The van der Waals surface area contributed by atoms with E-state index < -0.39 is 0 Å². The molecule has 0 spiro atoms. The van der Waals surface area contributed by atoms with Crippen LogP contribution in [0.25, 0.3) is 0 Å². The molecule has 0 aromatic carbocycles. The fraction of sp³-hybridized carbons (Fsp3) is 1.00. The highest BCUT2D eigenvalue weighted by molar-refractivity contribution is 4.63. The molecule has 0 aromatic rings. The molecule has 0 heterocycles. The van der Waals surface area contributed by atoms with Crippen molar-refractivity contribution in [2.24, 2.45) is 17.2 Å². The molecule has 0 atom stereocenters. The Kier molecular flexibility index (Phi) is 15.6. The highest BCUT2D eigenvalue weighted by atomic mass is 15.1. The SMILES string of the molecule is NCCCNCCN(CCCN)CCNCCCN. The number of hydrogen-bond donors (Lipinski definition) is 5. The van der Waals surface area contributed by atoms with Gasteiger partial charge in [-0.2, -0.15) is 0 Å². The summed E-state index contributed by atoms with van der Waals surface area (Å²) in [5, 5.41) is 6.83. The zero-order valence-corrected chi connectivity index (χ0v) is 12.4. The van der Waals surface area contributed by atoms with Gasteiger partial charge in [-0.15, -0.1) is 0 Å². The van der Waals surface area contributed by atoms with Gasteiger partial charge < -0.3 is 32.7 Å². The van der Waals surface area contributed by atoms with Gasteiger partial charge in [-0.1, -0.05) is 0 Å². The van der Waals surface area contributed by atoms with Crippen molar-refractivity contribution in [3.05, 3.63) is 0 Å². The van der Waals surface area contributed by atoms with Crippen LogP contribution in [0.15, 0.2) is 0 Å². The molecule has 0 aliphatic rings. The van der Waals surface area contributed by atoms with Crippen molar-refractivity contribution < 1.29 is 0 Å². The van der Waals surface area contributed by atoms with Crippen LogP contribution in [-0.2, 0) is 0 Å². The Balaban J connectivity index is 3.57. The lowest BCUT2D eigenvalue weighted by atomic mass is 10.3. The van der Waals surface area contributed by atoms with Crippen LogP contribution in [0.1, 0.15) is 19.3 Å². The predicted molar refractivity (Wildman–Crippen MR) is 83.2 cm³/mol. The van der Waals surface area contributed by atoms with Crippen LogP contribution in [-0.4, -0.2) is 70.3 Å². The highest BCUT2D eigenvalue weighted by Crippen LogP contribution is 1.89. The molecule has 0 unspecified atom stereocenters. The Labute approximate surface area is 118 Å². The molecule has 8 N–H and O–H groups in total. The summed E-state index contributed by atoms with van der Waals surface area (Å²) in [7, 11) is 0. The molecule has 6 nitrogen and oxygen atoms in total. The van der Waals surface area contributed by atoms with Gasteiger partial charge in [-0.05, 0) is 58.5 Å². The lowest BCUT2D eigenvalue weighted by Crippen LogP contribution is -2.38. The summed E-state index contributed by atoms with van der Waals surface area (Å²) in [6.45, 7) is 9.56. The Morgan fingerprint density at radius 2 is 1.05 bits per heavy atom. The molecule has 0 rings (SSSR count). The average Bonchev–Trinajstić information content (AvgIpc) is 2.43. The smallest absolute Gasteiger partial charge is 0.0107 e. The molecule has 0 saturated carbocycles. The molecule has 116 valence electrons. The maximum Gasteiger partial charge on any atom is 0.0107 e. The van der Waals surface area contributed by atoms with Gasteiger partial charge in [-0.25, -0.2) is 0 Å². The van der Waals surface area contributed by atoms with Crippen LogP contribution >= 0.6 is 0 Å². The van der Waals surface area contributed by atoms with Gasteiger partial charge in [0.05, 0.1) is 0 Å². The van der Waals surface area contributed by atoms with Crippen LogP contribution in [0.5, 0.6) is 0 Å². The first-order valence-electron chi connectivity index (χ1n) is 7.59. The molecule has 0 bridgehead atoms. The van der Waals surface area contributed by atoms with Gasteiger partial charge in [0.25, 0.3) is 0 Å². The van der Waals surface area contributed by atoms with Gasteiger partial charge in [0.1, 0.15) is 0 Å². The van der Waals surface area contributed by atoms with E-state index in [0.29, 0.717) is 0 Å². The van der Waals surface area contributed by atoms with Gasteiger partial charge in [0.15, 0.2) is 0 Å². The molecule has 0 saturated heterocycles. The summed E-state index contributed by atoms with van der Waals surface area (Å²) in [6, 6.07) is 0. The van der Waals surface area contributed by atoms with E-state index in [9.17, 15) is 0 Å². The second-order valence-corrected chi connectivity index (χ2v) is 4.77. The summed E-state index contributed by atoms with van der Waals surface area (Å²) in [4.78, 5) is 2.46. The third kappa shape index (κ3) is 14.0. The van der Waals surface area contributed by atoms with Crippen molar-refractivity contribution >= 4 is 0 Å². The zero-order valence-electron chi connectivity index (χ0n) is 12.4. The number of nitrogens with two attached hydrogens (primary N) is 3. The first-order valence-corrected chi connectivity index (χ1v) is 7.59. The molecule has 0 radical (unpaired) electrons. The van der Waals surface area contributed by atoms with Crippen molar-refractivity contribution in [2.45, 2.75) is 19.3 Å². The van der Waals surface area contributed by atoms with Gasteiger partial charge in [0, 0.05) is 26.2 Å². The second-order valence-electron chi connectivity index (χ2n) is 4.77. The van der Waals surface area contributed by atoms with Crippen molar-refractivity contribution in [1.82, 2.24) is 15.5 Å². The summed E-state index contributed by atoms with van der Waals surface area (Å²) < 4.78 is 0. The number of nitrogens with one attached hydrogen (secondary N) is 2. The third-order valence-electron chi connectivity index (χ3n) is 3.00. The molecule has 6 heteroatoms. The minimum absolute atomic E-state index is 0.759. The van der Waals surface area contributed by atoms with Crippen molar-refractivity contribution in [2.75, 3.05) is 65.4 Å². The van der Waals surface area contributed by atoms with Crippen molar-refractivity contribution in [1.29, 1.82) is 0 Å². The Hall–Kier alpha value is -0.240. The molecule has 19 heavy (non-hydrogen) atoms. The van der Waals surface area contributed by atoms with E-state index in [4.69, 9.17) is 17.2 Å². The number of nitrogens with zero attached hydrogens (tertiary/aromatic N) is 1. The Morgan fingerprint density at radius 3 is 1.47 bits per heavy atom. The van der Waals surface area contributed by atoms with Gasteiger partial charge in [-0.3, -0.25) is 0 Å². The first kappa shape index (κ1) is 18.8. The lowest BCUT2D eigenvalue weighted by molar-refractivity contribution is 0.271. The highest BCUT2D eigenvalue weighted by Gasteiger charge is 2.03. The van der Waals surface area contributed by atoms with E-state index >= 15 is 0 Å². The summed E-state index contributed by atoms with van der Waals surface area (Å²) >= 11 is 0. The molecule has 0 amide bonds. The minimum Gasteiger partial charge on any atom is -0.330 e. The van der Waals surface area contributed by atoms with E-state index in [0.717, 1.165) is 84.7 Å². The van der Waals surface area contributed by atoms with E-state index in [1.54, 1.807) is 0 Å². The number of hydrogen-bond acceptors (Lipinski definition) is 6. The Bertz CT molecular complexity index is 153. The van der Waals surface area contributed by atoms with Crippen LogP contribution < -0.4 is 27.8 Å². The van der Waals surface area contributed by atoms with Gasteiger partial charge in [0.2, 0.25) is 0 Å². The van der Waals surface area contributed by atoms with Crippen molar-refractivity contribution in [3.8, 4) is 0 Å². The fourth-order valence-electron chi connectivity index (χ4n) is 1.83. The number of rotatable bonds is 15. The molecule has 0 aliphatic carbocycles. The van der Waals surface area contributed by atoms with Crippen LogP contribution in [0.3, 0.4) is 0 Å². The summed E-state index contributed by atoms with van der Waals surface area (Å²) in [5.41, 5.74) is 16.5. The van der Waals surface area contributed by atoms with E-state index in [1.165, 1.54) is 0 Å².